The molecular formula is C14H26N4. The van der Waals surface area contributed by atoms with E-state index < -0.39 is 0 Å². The molecule has 0 aromatic carbocycles. The number of hydrogen-bond donors (Lipinski definition) is 2. The molecular weight excluding hydrogens is 224 g/mol. The van der Waals surface area contributed by atoms with Crippen molar-refractivity contribution in [2.75, 3.05) is 13.1 Å². The van der Waals surface area contributed by atoms with Gasteiger partial charge in [-0.1, -0.05) is 13.8 Å². The minimum atomic E-state index is 0.717. The molecule has 0 bridgehead atoms. The summed E-state index contributed by atoms with van der Waals surface area (Å²) in [6, 6.07) is 2.10. The van der Waals surface area contributed by atoms with E-state index in [4.69, 9.17) is 0 Å². The summed E-state index contributed by atoms with van der Waals surface area (Å²) in [7, 11) is 2.03. The molecule has 0 saturated heterocycles. The van der Waals surface area contributed by atoms with Crippen LogP contribution in [0.15, 0.2) is 23.5 Å². The molecule has 0 aliphatic carbocycles. The van der Waals surface area contributed by atoms with E-state index in [0.29, 0.717) is 0 Å². The second kappa shape index (κ2) is 7.80. The average Bonchev–Trinajstić information content (AvgIpc) is 2.71. The lowest BCUT2D eigenvalue weighted by molar-refractivity contribution is 0.573. The van der Waals surface area contributed by atoms with Gasteiger partial charge in [-0.2, -0.15) is 0 Å². The Morgan fingerprint density at radius 3 is 2.72 bits per heavy atom. The molecule has 1 aromatic heterocycles. The maximum absolute atomic E-state index is 4.57. The molecule has 0 amide bonds. The Morgan fingerprint density at radius 2 is 2.17 bits per heavy atom. The second-order valence-corrected chi connectivity index (χ2v) is 4.99. The molecule has 0 saturated carbocycles. The van der Waals surface area contributed by atoms with E-state index in [2.05, 4.69) is 48.7 Å². The quantitative estimate of drug-likeness (QED) is 0.600. The summed E-state index contributed by atoms with van der Waals surface area (Å²) in [5.41, 5.74) is 1.23. The fraction of sp³-hybridized carbons (Fsp3) is 0.643. The third kappa shape index (κ3) is 5.75. The number of hydrogen-bond acceptors (Lipinski definition) is 1. The monoisotopic (exact) mass is 250 g/mol. The van der Waals surface area contributed by atoms with Gasteiger partial charge in [0.25, 0.3) is 0 Å². The maximum atomic E-state index is 4.57. The number of guanidine groups is 1. The van der Waals surface area contributed by atoms with Crippen LogP contribution in [-0.4, -0.2) is 23.6 Å². The van der Waals surface area contributed by atoms with E-state index >= 15 is 0 Å². The van der Waals surface area contributed by atoms with Gasteiger partial charge >= 0.3 is 0 Å². The van der Waals surface area contributed by atoms with Gasteiger partial charge in [0, 0.05) is 32.5 Å². The number of aliphatic imine (C=N–C) groups is 1. The first-order valence-electron chi connectivity index (χ1n) is 6.74. The molecule has 1 rings (SSSR count). The predicted molar refractivity (Wildman–Crippen MR) is 77.7 cm³/mol. The highest BCUT2D eigenvalue weighted by molar-refractivity contribution is 5.79. The molecule has 1 aromatic rings. The van der Waals surface area contributed by atoms with Crippen molar-refractivity contribution < 1.29 is 0 Å². The van der Waals surface area contributed by atoms with Crippen LogP contribution in [0.4, 0.5) is 0 Å². The third-order valence-corrected chi connectivity index (χ3v) is 2.67. The first-order valence-corrected chi connectivity index (χ1v) is 6.74. The minimum Gasteiger partial charge on any atom is -0.357 e. The summed E-state index contributed by atoms with van der Waals surface area (Å²) >= 11 is 0. The summed E-state index contributed by atoms with van der Waals surface area (Å²) in [5, 5.41) is 6.63. The molecule has 18 heavy (non-hydrogen) atoms. The van der Waals surface area contributed by atoms with Gasteiger partial charge in [-0.05, 0) is 30.9 Å². The summed E-state index contributed by atoms with van der Waals surface area (Å²) < 4.78 is 2.05. The Hall–Kier alpha value is -1.45. The van der Waals surface area contributed by atoms with Gasteiger partial charge in [0.1, 0.15) is 0 Å². The van der Waals surface area contributed by atoms with Crippen LogP contribution in [0.3, 0.4) is 0 Å². The summed E-state index contributed by atoms with van der Waals surface area (Å²) in [5.74, 6) is 1.62. The molecule has 0 aliphatic rings. The number of aryl methyl sites for hydroxylation is 1. The molecule has 0 unspecified atom stereocenters. The van der Waals surface area contributed by atoms with Crippen molar-refractivity contribution in [3.05, 3.63) is 24.0 Å². The van der Waals surface area contributed by atoms with E-state index in [1.54, 1.807) is 0 Å². The number of nitrogens with zero attached hydrogens (tertiary/aromatic N) is 2. The van der Waals surface area contributed by atoms with Crippen LogP contribution in [0, 0.1) is 5.92 Å². The lowest BCUT2D eigenvalue weighted by Gasteiger charge is -2.12. The van der Waals surface area contributed by atoms with E-state index in [1.165, 1.54) is 5.56 Å². The van der Waals surface area contributed by atoms with Crippen molar-refractivity contribution >= 4 is 5.96 Å². The molecule has 1 heterocycles. The van der Waals surface area contributed by atoms with Crippen molar-refractivity contribution in [2.24, 2.45) is 18.0 Å². The fourth-order valence-electron chi connectivity index (χ4n) is 1.65. The molecule has 0 aliphatic heterocycles. The zero-order valence-electron chi connectivity index (χ0n) is 12.0. The Bertz CT molecular complexity index is 366. The molecule has 0 spiro atoms. The molecule has 4 heteroatoms. The molecule has 102 valence electrons. The highest BCUT2D eigenvalue weighted by Gasteiger charge is 1.99. The number of aromatic nitrogens is 1. The second-order valence-electron chi connectivity index (χ2n) is 4.99. The van der Waals surface area contributed by atoms with Crippen LogP contribution < -0.4 is 10.6 Å². The van der Waals surface area contributed by atoms with Gasteiger partial charge in [0.2, 0.25) is 0 Å². The normalized spacial score (nSPS) is 11.9. The Kier molecular flexibility index (Phi) is 6.33. The van der Waals surface area contributed by atoms with Gasteiger partial charge < -0.3 is 15.2 Å². The van der Waals surface area contributed by atoms with E-state index in [9.17, 15) is 0 Å². The van der Waals surface area contributed by atoms with E-state index in [-0.39, 0.29) is 0 Å². The maximum Gasteiger partial charge on any atom is 0.191 e. The SMILES string of the molecule is CCNC(=NCc1ccn(C)c1)NCCC(C)C. The molecule has 2 N–H and O–H groups in total. The van der Waals surface area contributed by atoms with Crippen LogP contribution in [-0.2, 0) is 13.6 Å². The van der Waals surface area contributed by atoms with Crippen LogP contribution in [0.5, 0.6) is 0 Å². The predicted octanol–water partition coefficient (Wildman–Crippen LogP) is 2.13. The smallest absolute Gasteiger partial charge is 0.191 e. The minimum absolute atomic E-state index is 0.717. The van der Waals surface area contributed by atoms with Crippen molar-refractivity contribution in [2.45, 2.75) is 33.7 Å². The molecule has 0 fully saturated rings. The van der Waals surface area contributed by atoms with Gasteiger partial charge in [-0.15, -0.1) is 0 Å². The van der Waals surface area contributed by atoms with Gasteiger partial charge in [0.05, 0.1) is 6.54 Å². The topological polar surface area (TPSA) is 41.4 Å². The summed E-state index contributed by atoms with van der Waals surface area (Å²) in [6.07, 6.45) is 5.31. The van der Waals surface area contributed by atoms with Crippen LogP contribution in [0.2, 0.25) is 0 Å². The van der Waals surface area contributed by atoms with E-state index in [1.807, 2.05) is 17.8 Å². The van der Waals surface area contributed by atoms with Crippen LogP contribution in [0.25, 0.3) is 0 Å². The zero-order valence-corrected chi connectivity index (χ0v) is 12.0. The standard InChI is InChI=1S/C14H26N4/c1-5-15-14(16-8-6-12(2)3)17-10-13-7-9-18(4)11-13/h7,9,11-12H,5-6,8,10H2,1-4H3,(H2,15,16,17). The Balaban J connectivity index is 2.44. The number of nitrogens with one attached hydrogen (secondary N) is 2. The Morgan fingerprint density at radius 1 is 1.39 bits per heavy atom. The van der Waals surface area contributed by atoms with Crippen molar-refractivity contribution in [3.8, 4) is 0 Å². The first kappa shape index (κ1) is 14.6. The zero-order chi connectivity index (χ0) is 13.4. The third-order valence-electron chi connectivity index (χ3n) is 2.67. The van der Waals surface area contributed by atoms with Crippen molar-refractivity contribution in [1.82, 2.24) is 15.2 Å². The summed E-state index contributed by atoms with van der Waals surface area (Å²) in [4.78, 5) is 4.57. The van der Waals surface area contributed by atoms with Gasteiger partial charge in [-0.25, -0.2) is 4.99 Å². The van der Waals surface area contributed by atoms with Crippen molar-refractivity contribution in [1.29, 1.82) is 0 Å². The molecule has 4 nitrogen and oxygen atoms in total. The largest absolute Gasteiger partial charge is 0.357 e. The highest BCUT2D eigenvalue weighted by Crippen LogP contribution is 2.01. The lowest BCUT2D eigenvalue weighted by atomic mass is 10.1. The average molecular weight is 250 g/mol. The molecule has 0 radical (unpaired) electrons. The van der Waals surface area contributed by atoms with Crippen molar-refractivity contribution in [3.63, 3.8) is 0 Å². The highest BCUT2D eigenvalue weighted by atomic mass is 15.2. The van der Waals surface area contributed by atoms with Gasteiger partial charge in [0.15, 0.2) is 5.96 Å². The van der Waals surface area contributed by atoms with Gasteiger partial charge in [-0.3, -0.25) is 0 Å². The number of rotatable bonds is 6. The van der Waals surface area contributed by atoms with Crippen LogP contribution in [0.1, 0.15) is 32.8 Å². The van der Waals surface area contributed by atoms with Crippen LogP contribution >= 0.6 is 0 Å². The fourth-order valence-corrected chi connectivity index (χ4v) is 1.65. The first-order chi connectivity index (χ1) is 8.61. The lowest BCUT2D eigenvalue weighted by Crippen LogP contribution is -2.38. The Labute approximate surface area is 110 Å². The van der Waals surface area contributed by atoms with E-state index in [0.717, 1.165) is 37.9 Å². The molecule has 0 atom stereocenters. The summed E-state index contributed by atoms with van der Waals surface area (Å²) in [6.45, 7) is 9.13.